The standard InChI is InChI=1S/C19H23FN2O3/c1-13(2)12-25-18-10-6-5-9-16(18)22-19(24)21-11-17(23)14-7-3-4-8-15(14)20/h3-10,13,17,23H,11-12H2,1-2H3,(H2,21,22,24)/t17-/m1/s1. The molecule has 6 heteroatoms. The van der Waals surface area contributed by atoms with Crippen LogP contribution in [-0.4, -0.2) is 24.3 Å². The fourth-order valence-electron chi connectivity index (χ4n) is 2.16. The predicted molar refractivity (Wildman–Crippen MR) is 95.2 cm³/mol. The molecule has 0 unspecified atom stereocenters. The van der Waals surface area contributed by atoms with Gasteiger partial charge in [-0.3, -0.25) is 0 Å². The highest BCUT2D eigenvalue weighted by molar-refractivity contribution is 5.90. The van der Waals surface area contributed by atoms with Crippen molar-refractivity contribution < 1.29 is 19.0 Å². The number of ether oxygens (including phenoxy) is 1. The van der Waals surface area contributed by atoms with Crippen molar-refractivity contribution >= 4 is 11.7 Å². The molecule has 0 aliphatic heterocycles. The van der Waals surface area contributed by atoms with Crippen LogP contribution < -0.4 is 15.4 Å². The van der Waals surface area contributed by atoms with E-state index in [1.54, 1.807) is 30.3 Å². The van der Waals surface area contributed by atoms with E-state index in [1.165, 1.54) is 12.1 Å². The number of anilines is 1. The molecule has 2 amide bonds. The number of benzene rings is 2. The molecule has 0 aliphatic carbocycles. The second-order valence-electron chi connectivity index (χ2n) is 6.07. The molecular weight excluding hydrogens is 323 g/mol. The van der Waals surface area contributed by atoms with Crippen molar-refractivity contribution in [3.05, 3.63) is 59.9 Å². The Morgan fingerprint density at radius 3 is 2.56 bits per heavy atom. The summed E-state index contributed by atoms with van der Waals surface area (Å²) in [5.41, 5.74) is 0.671. The molecular formula is C19H23FN2O3. The largest absolute Gasteiger partial charge is 0.491 e. The second-order valence-corrected chi connectivity index (χ2v) is 6.07. The van der Waals surface area contributed by atoms with Crippen molar-refractivity contribution in [3.63, 3.8) is 0 Å². The first-order valence-electron chi connectivity index (χ1n) is 8.16. The first kappa shape index (κ1) is 18.7. The van der Waals surface area contributed by atoms with Crippen LogP contribution in [0, 0.1) is 11.7 Å². The lowest BCUT2D eigenvalue weighted by Crippen LogP contribution is -2.32. The van der Waals surface area contributed by atoms with Gasteiger partial charge in [0.2, 0.25) is 0 Å². The summed E-state index contributed by atoms with van der Waals surface area (Å²) in [7, 11) is 0. The van der Waals surface area contributed by atoms with Gasteiger partial charge in [0.15, 0.2) is 0 Å². The Bertz CT molecular complexity index is 707. The molecule has 2 rings (SSSR count). The quantitative estimate of drug-likeness (QED) is 0.716. The number of para-hydroxylation sites is 2. The molecule has 0 aliphatic rings. The SMILES string of the molecule is CC(C)COc1ccccc1NC(=O)NC[C@@H](O)c1ccccc1F. The minimum Gasteiger partial charge on any atom is -0.491 e. The number of halogens is 1. The molecule has 2 aromatic rings. The molecule has 1 atom stereocenters. The Hall–Kier alpha value is -2.60. The van der Waals surface area contributed by atoms with Crippen molar-refractivity contribution in [2.45, 2.75) is 20.0 Å². The maximum Gasteiger partial charge on any atom is 0.319 e. The summed E-state index contributed by atoms with van der Waals surface area (Å²) in [6, 6.07) is 12.5. The van der Waals surface area contributed by atoms with Crippen molar-refractivity contribution in [3.8, 4) is 5.75 Å². The second kappa shape index (κ2) is 9.03. The number of nitrogens with one attached hydrogen (secondary N) is 2. The maximum atomic E-state index is 13.6. The third-order valence-corrected chi connectivity index (χ3v) is 3.43. The van der Waals surface area contributed by atoms with E-state index in [-0.39, 0.29) is 12.1 Å². The molecule has 0 fully saturated rings. The molecule has 0 aromatic heterocycles. The molecule has 3 N–H and O–H groups in total. The Morgan fingerprint density at radius 2 is 1.84 bits per heavy atom. The van der Waals surface area contributed by atoms with E-state index in [2.05, 4.69) is 10.6 Å². The molecule has 5 nitrogen and oxygen atoms in total. The van der Waals surface area contributed by atoms with Gasteiger partial charge in [-0.1, -0.05) is 44.2 Å². The minimum atomic E-state index is -1.13. The molecule has 0 saturated heterocycles. The molecule has 0 bridgehead atoms. The zero-order valence-electron chi connectivity index (χ0n) is 14.3. The fourth-order valence-corrected chi connectivity index (χ4v) is 2.16. The topological polar surface area (TPSA) is 70.6 Å². The lowest BCUT2D eigenvalue weighted by atomic mass is 10.1. The van der Waals surface area contributed by atoms with Crippen LogP contribution >= 0.6 is 0 Å². The smallest absolute Gasteiger partial charge is 0.319 e. The maximum absolute atomic E-state index is 13.6. The summed E-state index contributed by atoms with van der Waals surface area (Å²) < 4.78 is 19.3. The lowest BCUT2D eigenvalue weighted by Gasteiger charge is -2.16. The summed E-state index contributed by atoms with van der Waals surface area (Å²) >= 11 is 0. The zero-order chi connectivity index (χ0) is 18.2. The number of aliphatic hydroxyl groups excluding tert-OH is 1. The van der Waals surface area contributed by atoms with Crippen LogP contribution in [-0.2, 0) is 0 Å². The highest BCUT2D eigenvalue weighted by Gasteiger charge is 2.14. The number of amides is 2. The molecule has 0 heterocycles. The van der Waals surface area contributed by atoms with Crippen molar-refractivity contribution in [2.24, 2.45) is 5.92 Å². The van der Waals surface area contributed by atoms with Crippen LogP contribution in [0.4, 0.5) is 14.9 Å². The molecule has 0 spiro atoms. The summed E-state index contributed by atoms with van der Waals surface area (Å²) in [6.07, 6.45) is -1.13. The number of carbonyl (C=O) groups is 1. The van der Waals surface area contributed by atoms with E-state index in [4.69, 9.17) is 4.74 Å². The number of aliphatic hydroxyl groups is 1. The predicted octanol–water partition coefficient (Wildman–Crippen LogP) is 3.72. The van der Waals surface area contributed by atoms with Gasteiger partial charge in [-0.15, -0.1) is 0 Å². The number of hydrogen-bond acceptors (Lipinski definition) is 3. The highest BCUT2D eigenvalue weighted by atomic mass is 19.1. The third kappa shape index (κ3) is 5.76. The Morgan fingerprint density at radius 1 is 1.16 bits per heavy atom. The Balaban J connectivity index is 1.91. The number of hydrogen-bond donors (Lipinski definition) is 3. The van der Waals surface area contributed by atoms with Crippen LogP contribution in [0.15, 0.2) is 48.5 Å². The van der Waals surface area contributed by atoms with Crippen molar-refractivity contribution in [1.29, 1.82) is 0 Å². The monoisotopic (exact) mass is 346 g/mol. The summed E-state index contributed by atoms with van der Waals surface area (Å²) in [5, 5.41) is 15.2. The number of urea groups is 1. The normalized spacial score (nSPS) is 11.9. The minimum absolute atomic E-state index is 0.109. The van der Waals surface area contributed by atoms with Crippen LogP contribution in [0.5, 0.6) is 5.75 Å². The number of carbonyl (C=O) groups excluding carboxylic acids is 1. The first-order chi connectivity index (χ1) is 12.0. The van der Waals surface area contributed by atoms with E-state index >= 15 is 0 Å². The van der Waals surface area contributed by atoms with Gasteiger partial charge in [-0.2, -0.15) is 0 Å². The van der Waals surface area contributed by atoms with Gasteiger partial charge in [-0.05, 0) is 24.1 Å². The van der Waals surface area contributed by atoms with Crippen LogP contribution in [0.2, 0.25) is 0 Å². The van der Waals surface area contributed by atoms with Crippen molar-refractivity contribution in [1.82, 2.24) is 5.32 Å². The molecule has 2 aromatic carbocycles. The van der Waals surface area contributed by atoms with Crippen LogP contribution in [0.3, 0.4) is 0 Å². The van der Waals surface area contributed by atoms with Crippen LogP contribution in [0.1, 0.15) is 25.5 Å². The molecule has 25 heavy (non-hydrogen) atoms. The summed E-state index contributed by atoms with van der Waals surface area (Å²) in [5.74, 6) is 0.420. The van der Waals surface area contributed by atoms with Gasteiger partial charge in [-0.25, -0.2) is 9.18 Å². The van der Waals surface area contributed by atoms with E-state index in [1.807, 2.05) is 19.9 Å². The first-order valence-corrected chi connectivity index (χ1v) is 8.16. The van der Waals surface area contributed by atoms with Gasteiger partial charge < -0.3 is 20.5 Å². The summed E-state index contributed by atoms with van der Waals surface area (Å²) in [6.45, 7) is 4.49. The molecule has 0 saturated carbocycles. The van der Waals surface area contributed by atoms with E-state index in [0.29, 0.717) is 24.0 Å². The summed E-state index contributed by atoms with van der Waals surface area (Å²) in [4.78, 5) is 12.0. The third-order valence-electron chi connectivity index (χ3n) is 3.43. The van der Waals surface area contributed by atoms with Gasteiger partial charge in [0.05, 0.1) is 18.4 Å². The van der Waals surface area contributed by atoms with Crippen LogP contribution in [0.25, 0.3) is 0 Å². The number of rotatable bonds is 7. The van der Waals surface area contributed by atoms with Gasteiger partial charge in [0, 0.05) is 12.1 Å². The Kier molecular flexibility index (Phi) is 6.77. The Labute approximate surface area is 146 Å². The van der Waals surface area contributed by atoms with E-state index in [9.17, 15) is 14.3 Å². The van der Waals surface area contributed by atoms with E-state index < -0.39 is 18.0 Å². The van der Waals surface area contributed by atoms with E-state index in [0.717, 1.165) is 0 Å². The van der Waals surface area contributed by atoms with Crippen molar-refractivity contribution in [2.75, 3.05) is 18.5 Å². The average molecular weight is 346 g/mol. The lowest BCUT2D eigenvalue weighted by molar-refractivity contribution is 0.170. The zero-order valence-corrected chi connectivity index (χ0v) is 14.3. The van der Waals surface area contributed by atoms with Gasteiger partial charge >= 0.3 is 6.03 Å². The van der Waals surface area contributed by atoms with Gasteiger partial charge in [0.1, 0.15) is 11.6 Å². The van der Waals surface area contributed by atoms with Gasteiger partial charge in [0.25, 0.3) is 0 Å². The molecule has 134 valence electrons. The highest BCUT2D eigenvalue weighted by Crippen LogP contribution is 2.24. The molecule has 0 radical (unpaired) electrons. The fraction of sp³-hybridized carbons (Fsp3) is 0.316. The average Bonchev–Trinajstić information content (AvgIpc) is 2.59.